The van der Waals surface area contributed by atoms with E-state index in [9.17, 15) is 0 Å². The molecule has 0 spiro atoms. The number of aliphatic hydroxyl groups is 1. The monoisotopic (exact) mass is 221 g/mol. The summed E-state index contributed by atoms with van der Waals surface area (Å²) < 4.78 is 5.73. The number of rotatable bonds is 4. The van der Waals surface area contributed by atoms with Crippen LogP contribution in [0.4, 0.5) is 0 Å². The van der Waals surface area contributed by atoms with Crippen molar-refractivity contribution in [3.05, 3.63) is 29.8 Å². The second-order valence-electron chi connectivity index (χ2n) is 4.47. The van der Waals surface area contributed by atoms with Crippen LogP contribution in [0.5, 0.6) is 5.75 Å². The van der Waals surface area contributed by atoms with Crippen LogP contribution < -0.4 is 4.74 Å². The first-order valence-corrected chi connectivity index (χ1v) is 5.79. The van der Waals surface area contributed by atoms with E-state index < -0.39 is 0 Å². The van der Waals surface area contributed by atoms with Crippen LogP contribution in [0, 0.1) is 5.92 Å². The predicted molar refractivity (Wildman–Crippen MR) is 63.7 cm³/mol. The normalized spacial score (nSPS) is 19.3. The summed E-state index contributed by atoms with van der Waals surface area (Å²) in [7, 11) is 2.04. The third kappa shape index (κ3) is 2.74. The molecule has 2 rings (SSSR count). The van der Waals surface area contributed by atoms with E-state index in [4.69, 9.17) is 9.84 Å². The van der Waals surface area contributed by atoms with Gasteiger partial charge in [0.15, 0.2) is 0 Å². The van der Waals surface area contributed by atoms with E-state index in [1.165, 1.54) is 5.56 Å². The van der Waals surface area contributed by atoms with Gasteiger partial charge < -0.3 is 14.7 Å². The highest BCUT2D eigenvalue weighted by molar-refractivity contribution is 5.35. The Labute approximate surface area is 96.6 Å². The van der Waals surface area contributed by atoms with E-state index in [1.54, 1.807) is 0 Å². The van der Waals surface area contributed by atoms with Gasteiger partial charge in [-0.3, -0.25) is 0 Å². The van der Waals surface area contributed by atoms with Crippen molar-refractivity contribution in [2.75, 3.05) is 33.4 Å². The van der Waals surface area contributed by atoms with E-state index in [0.29, 0.717) is 5.92 Å². The molecule has 3 heteroatoms. The quantitative estimate of drug-likeness (QED) is 0.828. The van der Waals surface area contributed by atoms with Crippen molar-refractivity contribution in [2.24, 2.45) is 5.92 Å². The zero-order chi connectivity index (χ0) is 11.4. The molecule has 0 bridgehead atoms. The van der Waals surface area contributed by atoms with Gasteiger partial charge in [-0.15, -0.1) is 0 Å². The number of nitrogens with zero attached hydrogens (tertiary/aromatic N) is 1. The standard InChI is InChI=1S/C13H19NO2/c1-14(6-7-15)9-11-8-12-4-2-3-5-13(12)16-10-11/h2-5,11,15H,6-10H2,1H3. The molecule has 0 aliphatic carbocycles. The molecule has 0 saturated carbocycles. The first-order chi connectivity index (χ1) is 7.79. The highest BCUT2D eigenvalue weighted by Crippen LogP contribution is 2.26. The summed E-state index contributed by atoms with van der Waals surface area (Å²) in [6, 6.07) is 8.23. The molecule has 1 aliphatic rings. The second-order valence-corrected chi connectivity index (χ2v) is 4.47. The number of hydrogen-bond donors (Lipinski definition) is 1. The fraction of sp³-hybridized carbons (Fsp3) is 0.538. The molecular weight excluding hydrogens is 202 g/mol. The summed E-state index contributed by atoms with van der Waals surface area (Å²) in [6.07, 6.45) is 1.08. The number of hydrogen-bond acceptors (Lipinski definition) is 3. The molecule has 1 aromatic carbocycles. The Morgan fingerprint density at radius 3 is 3.06 bits per heavy atom. The van der Waals surface area contributed by atoms with Crippen molar-refractivity contribution in [1.29, 1.82) is 0 Å². The Bertz CT molecular complexity index is 340. The number of fused-ring (bicyclic) bond motifs is 1. The third-order valence-electron chi connectivity index (χ3n) is 3.01. The smallest absolute Gasteiger partial charge is 0.122 e. The Kier molecular flexibility index (Phi) is 3.80. The van der Waals surface area contributed by atoms with Gasteiger partial charge in [-0.25, -0.2) is 0 Å². The Morgan fingerprint density at radius 1 is 1.44 bits per heavy atom. The number of ether oxygens (including phenoxy) is 1. The Morgan fingerprint density at radius 2 is 2.25 bits per heavy atom. The highest BCUT2D eigenvalue weighted by Gasteiger charge is 2.20. The van der Waals surface area contributed by atoms with E-state index in [1.807, 2.05) is 19.2 Å². The second kappa shape index (κ2) is 5.32. The fourth-order valence-corrected chi connectivity index (χ4v) is 2.21. The fourth-order valence-electron chi connectivity index (χ4n) is 2.21. The molecule has 0 radical (unpaired) electrons. The molecule has 88 valence electrons. The lowest BCUT2D eigenvalue weighted by Gasteiger charge is -2.28. The molecular formula is C13H19NO2. The van der Waals surface area contributed by atoms with Crippen molar-refractivity contribution in [3.8, 4) is 5.75 Å². The minimum absolute atomic E-state index is 0.223. The van der Waals surface area contributed by atoms with Crippen LogP contribution in [0.15, 0.2) is 24.3 Å². The number of benzene rings is 1. The van der Waals surface area contributed by atoms with Gasteiger partial charge in [0.2, 0.25) is 0 Å². The molecule has 0 aromatic heterocycles. The van der Waals surface area contributed by atoms with Gasteiger partial charge in [0.25, 0.3) is 0 Å². The molecule has 3 nitrogen and oxygen atoms in total. The summed E-state index contributed by atoms with van der Waals surface area (Å²) >= 11 is 0. The van der Waals surface area contributed by atoms with Gasteiger partial charge in [0.1, 0.15) is 5.75 Å². The van der Waals surface area contributed by atoms with Crippen molar-refractivity contribution < 1.29 is 9.84 Å². The zero-order valence-corrected chi connectivity index (χ0v) is 9.72. The topological polar surface area (TPSA) is 32.7 Å². The van der Waals surface area contributed by atoms with Crippen LogP contribution in [0.2, 0.25) is 0 Å². The minimum Gasteiger partial charge on any atom is -0.493 e. The summed E-state index contributed by atoms with van der Waals surface area (Å²) in [6.45, 7) is 2.72. The maximum atomic E-state index is 8.85. The van der Waals surface area contributed by atoms with E-state index in [0.717, 1.165) is 31.9 Å². The SMILES string of the molecule is CN(CCO)CC1COc2ccccc2C1. The summed E-state index contributed by atoms with van der Waals surface area (Å²) in [5.74, 6) is 1.56. The molecule has 1 atom stereocenters. The number of para-hydroxylation sites is 1. The Balaban J connectivity index is 1.92. The van der Waals surface area contributed by atoms with Gasteiger partial charge in [-0.1, -0.05) is 18.2 Å². The highest BCUT2D eigenvalue weighted by atomic mass is 16.5. The largest absolute Gasteiger partial charge is 0.493 e. The van der Waals surface area contributed by atoms with Crippen LogP contribution >= 0.6 is 0 Å². The van der Waals surface area contributed by atoms with Crippen LogP contribution in [0.1, 0.15) is 5.56 Å². The first-order valence-electron chi connectivity index (χ1n) is 5.79. The van der Waals surface area contributed by atoms with Crippen LogP contribution in [-0.4, -0.2) is 43.4 Å². The van der Waals surface area contributed by atoms with Crippen molar-refractivity contribution in [2.45, 2.75) is 6.42 Å². The molecule has 0 fully saturated rings. The zero-order valence-electron chi connectivity index (χ0n) is 9.72. The first kappa shape index (κ1) is 11.4. The van der Waals surface area contributed by atoms with Gasteiger partial charge in [0, 0.05) is 19.0 Å². The lowest BCUT2D eigenvalue weighted by Crippen LogP contribution is -2.34. The lowest BCUT2D eigenvalue weighted by molar-refractivity contribution is 0.156. The third-order valence-corrected chi connectivity index (χ3v) is 3.01. The summed E-state index contributed by atoms with van der Waals surface area (Å²) in [5, 5.41) is 8.85. The van der Waals surface area contributed by atoms with Crippen LogP contribution in [-0.2, 0) is 6.42 Å². The van der Waals surface area contributed by atoms with Crippen LogP contribution in [0.3, 0.4) is 0 Å². The molecule has 1 heterocycles. The van der Waals surface area contributed by atoms with Crippen LogP contribution in [0.25, 0.3) is 0 Å². The molecule has 1 N–H and O–H groups in total. The molecule has 0 saturated heterocycles. The van der Waals surface area contributed by atoms with Crippen molar-refractivity contribution >= 4 is 0 Å². The average Bonchev–Trinajstić information content (AvgIpc) is 2.29. The summed E-state index contributed by atoms with van der Waals surface area (Å²) in [4.78, 5) is 2.15. The number of aliphatic hydroxyl groups excluding tert-OH is 1. The van der Waals surface area contributed by atoms with Crippen molar-refractivity contribution in [3.63, 3.8) is 0 Å². The number of likely N-dealkylation sites (N-methyl/N-ethyl adjacent to an activating group) is 1. The van der Waals surface area contributed by atoms with E-state index in [-0.39, 0.29) is 6.61 Å². The van der Waals surface area contributed by atoms with Gasteiger partial charge in [0.05, 0.1) is 13.2 Å². The van der Waals surface area contributed by atoms with E-state index in [2.05, 4.69) is 17.0 Å². The van der Waals surface area contributed by atoms with E-state index >= 15 is 0 Å². The maximum Gasteiger partial charge on any atom is 0.122 e. The van der Waals surface area contributed by atoms with Crippen molar-refractivity contribution in [1.82, 2.24) is 4.90 Å². The molecule has 0 amide bonds. The Hall–Kier alpha value is -1.06. The molecule has 1 aliphatic heterocycles. The average molecular weight is 221 g/mol. The van der Waals surface area contributed by atoms with Gasteiger partial charge in [-0.2, -0.15) is 0 Å². The predicted octanol–water partition coefficient (Wildman–Crippen LogP) is 1.16. The molecule has 1 unspecified atom stereocenters. The van der Waals surface area contributed by atoms with Gasteiger partial charge in [-0.05, 0) is 25.1 Å². The maximum absolute atomic E-state index is 8.85. The summed E-state index contributed by atoms with van der Waals surface area (Å²) in [5.41, 5.74) is 1.30. The lowest BCUT2D eigenvalue weighted by atomic mass is 9.96. The molecule has 16 heavy (non-hydrogen) atoms. The minimum atomic E-state index is 0.223. The molecule has 1 aromatic rings. The van der Waals surface area contributed by atoms with Gasteiger partial charge >= 0.3 is 0 Å².